The zero-order valence-corrected chi connectivity index (χ0v) is 17.4. The van der Waals surface area contributed by atoms with E-state index in [0.29, 0.717) is 12.2 Å². The number of rotatable bonds is 7. The van der Waals surface area contributed by atoms with Gasteiger partial charge in [0.25, 0.3) is 0 Å². The maximum Gasteiger partial charge on any atom is 0.246 e. The molecule has 0 fully saturated rings. The van der Waals surface area contributed by atoms with Crippen LogP contribution in [0.4, 0.5) is 0 Å². The Labute approximate surface area is 180 Å². The highest BCUT2D eigenvalue weighted by Crippen LogP contribution is 2.20. The molecule has 0 saturated heterocycles. The molecule has 0 radical (unpaired) electrons. The Morgan fingerprint density at radius 3 is 2.61 bits per heavy atom. The van der Waals surface area contributed by atoms with Gasteiger partial charge in [0.1, 0.15) is 18.3 Å². The number of carbonyl (C=O) groups is 1. The lowest BCUT2D eigenvalue weighted by Crippen LogP contribution is -2.28. The highest BCUT2D eigenvalue weighted by atomic mass is 16.2. The minimum Gasteiger partial charge on any atom is -0.335 e. The molecule has 2 aromatic carbocycles. The normalized spacial score (nSPS) is 12.2. The summed E-state index contributed by atoms with van der Waals surface area (Å²) in [5, 5.41) is 12.4. The van der Waals surface area contributed by atoms with E-state index in [1.54, 1.807) is 33.7 Å². The summed E-state index contributed by atoms with van der Waals surface area (Å²) in [4.78, 5) is 18.3. The lowest BCUT2D eigenvalue weighted by Gasteiger charge is -2.24. The minimum atomic E-state index is -0.106. The van der Waals surface area contributed by atoms with E-state index in [2.05, 4.69) is 20.4 Å². The van der Waals surface area contributed by atoms with Gasteiger partial charge in [-0.2, -0.15) is 5.10 Å². The van der Waals surface area contributed by atoms with Crippen molar-refractivity contribution in [2.45, 2.75) is 19.5 Å². The molecule has 0 spiro atoms. The smallest absolute Gasteiger partial charge is 0.246 e. The van der Waals surface area contributed by atoms with Crippen molar-refractivity contribution >= 4 is 12.0 Å². The Hall–Kier alpha value is -4.07. The molecule has 8 heteroatoms. The van der Waals surface area contributed by atoms with Crippen LogP contribution in [0.3, 0.4) is 0 Å². The summed E-state index contributed by atoms with van der Waals surface area (Å²) in [6, 6.07) is 17.8. The summed E-state index contributed by atoms with van der Waals surface area (Å²) in [5.74, 6) is -0.106. The molecule has 0 aliphatic heterocycles. The first-order valence-electron chi connectivity index (χ1n) is 9.94. The Bertz CT molecular complexity index is 1150. The molecule has 2 aromatic heterocycles. The van der Waals surface area contributed by atoms with Crippen LogP contribution in [0.1, 0.15) is 29.8 Å². The third kappa shape index (κ3) is 4.92. The Balaban J connectivity index is 1.37. The van der Waals surface area contributed by atoms with Crippen molar-refractivity contribution in [3.8, 4) is 5.69 Å². The Morgan fingerprint density at radius 2 is 1.90 bits per heavy atom. The highest BCUT2D eigenvalue weighted by molar-refractivity contribution is 5.91. The van der Waals surface area contributed by atoms with Crippen molar-refractivity contribution in [2.75, 3.05) is 7.05 Å². The van der Waals surface area contributed by atoms with Crippen LogP contribution in [-0.4, -0.2) is 47.6 Å². The number of amides is 1. The van der Waals surface area contributed by atoms with Crippen LogP contribution in [0.15, 0.2) is 79.5 Å². The predicted octanol–water partition coefficient (Wildman–Crippen LogP) is 3.14. The van der Waals surface area contributed by atoms with Crippen molar-refractivity contribution in [3.05, 3.63) is 96.3 Å². The third-order valence-corrected chi connectivity index (χ3v) is 5.13. The van der Waals surface area contributed by atoms with Crippen LogP contribution in [0.5, 0.6) is 0 Å². The number of likely N-dealkylation sites (N-methyl/N-ethyl adjacent to an activating group) is 1. The molecule has 0 aliphatic rings. The molecule has 31 heavy (non-hydrogen) atoms. The summed E-state index contributed by atoms with van der Waals surface area (Å²) in [6.07, 6.45) is 8.18. The van der Waals surface area contributed by atoms with Crippen molar-refractivity contribution in [3.63, 3.8) is 0 Å². The lowest BCUT2D eigenvalue weighted by atomic mass is 10.1. The summed E-state index contributed by atoms with van der Waals surface area (Å²) < 4.78 is 3.44. The van der Waals surface area contributed by atoms with Gasteiger partial charge in [-0.3, -0.25) is 4.79 Å². The summed E-state index contributed by atoms with van der Waals surface area (Å²) in [6.45, 7) is 2.63. The highest BCUT2D eigenvalue weighted by Gasteiger charge is 2.15. The van der Waals surface area contributed by atoms with Gasteiger partial charge in [0.05, 0.1) is 24.5 Å². The van der Waals surface area contributed by atoms with Crippen LogP contribution in [0.2, 0.25) is 0 Å². The van der Waals surface area contributed by atoms with E-state index >= 15 is 0 Å². The van der Waals surface area contributed by atoms with Gasteiger partial charge in [-0.25, -0.2) is 14.3 Å². The molecule has 4 rings (SSSR count). The molecule has 1 amide bonds. The van der Waals surface area contributed by atoms with Gasteiger partial charge >= 0.3 is 0 Å². The standard InChI is InChI=1S/C23H23N7O/c1-18(20-8-11-22(12-9-20)30-17-24-16-25-30)28(2)23(31)13-10-21-15-29(27-26-21)14-19-6-4-3-5-7-19/h3-13,15-18H,14H2,1-2H3/b13-10+/t18-/m0/s1. The van der Waals surface area contributed by atoms with E-state index in [1.165, 1.54) is 12.4 Å². The molecule has 0 saturated carbocycles. The van der Waals surface area contributed by atoms with Gasteiger partial charge < -0.3 is 4.90 Å². The largest absolute Gasteiger partial charge is 0.335 e. The van der Waals surface area contributed by atoms with Gasteiger partial charge in [0.15, 0.2) is 0 Å². The first-order chi connectivity index (χ1) is 15.1. The number of benzene rings is 2. The number of hydrogen-bond acceptors (Lipinski definition) is 5. The molecule has 4 aromatic rings. The second-order valence-corrected chi connectivity index (χ2v) is 7.22. The van der Waals surface area contributed by atoms with Gasteiger partial charge in [-0.05, 0) is 36.3 Å². The zero-order chi connectivity index (χ0) is 21.6. The maximum absolute atomic E-state index is 12.6. The Kier molecular flexibility index (Phi) is 5.98. The average Bonchev–Trinajstić information content (AvgIpc) is 3.50. The molecular formula is C23H23N7O. The summed E-state index contributed by atoms with van der Waals surface area (Å²) >= 11 is 0. The maximum atomic E-state index is 12.6. The fraction of sp³-hybridized carbons (Fsp3) is 0.174. The third-order valence-electron chi connectivity index (χ3n) is 5.13. The SMILES string of the molecule is C[C@@H](c1ccc(-n2cncn2)cc1)N(C)C(=O)/C=C/c1cn(Cc2ccccc2)nn1. The van der Waals surface area contributed by atoms with E-state index in [0.717, 1.165) is 16.8 Å². The topological polar surface area (TPSA) is 81.7 Å². The molecule has 0 unspecified atom stereocenters. The molecule has 1 atom stereocenters. The van der Waals surface area contributed by atoms with Crippen LogP contribution < -0.4 is 0 Å². The molecule has 2 heterocycles. The van der Waals surface area contributed by atoms with Crippen molar-refractivity contribution in [1.29, 1.82) is 0 Å². The molecule has 8 nitrogen and oxygen atoms in total. The van der Waals surface area contributed by atoms with E-state index in [4.69, 9.17) is 0 Å². The van der Waals surface area contributed by atoms with Crippen LogP contribution >= 0.6 is 0 Å². The lowest BCUT2D eigenvalue weighted by molar-refractivity contribution is -0.126. The number of hydrogen-bond donors (Lipinski definition) is 0. The van der Waals surface area contributed by atoms with Crippen LogP contribution in [0.25, 0.3) is 11.8 Å². The Morgan fingerprint density at radius 1 is 1.13 bits per heavy atom. The van der Waals surface area contributed by atoms with Crippen molar-refractivity contribution in [2.24, 2.45) is 0 Å². The van der Waals surface area contributed by atoms with Gasteiger partial charge in [0, 0.05) is 13.1 Å². The second kappa shape index (κ2) is 9.17. The first-order valence-corrected chi connectivity index (χ1v) is 9.94. The summed E-state index contributed by atoms with van der Waals surface area (Å²) in [7, 11) is 1.79. The van der Waals surface area contributed by atoms with Gasteiger partial charge in [-0.1, -0.05) is 47.7 Å². The molecular weight excluding hydrogens is 390 g/mol. The van der Waals surface area contributed by atoms with Crippen molar-refractivity contribution < 1.29 is 4.79 Å². The van der Waals surface area contributed by atoms with Crippen LogP contribution in [0, 0.1) is 0 Å². The molecule has 0 N–H and O–H groups in total. The first kappa shape index (κ1) is 20.2. The van der Waals surface area contributed by atoms with Gasteiger partial charge in [0.2, 0.25) is 5.91 Å². The minimum absolute atomic E-state index is 0.0873. The zero-order valence-electron chi connectivity index (χ0n) is 17.4. The van der Waals surface area contributed by atoms with E-state index in [-0.39, 0.29) is 11.9 Å². The fourth-order valence-corrected chi connectivity index (χ4v) is 3.17. The second-order valence-electron chi connectivity index (χ2n) is 7.22. The number of nitrogens with zero attached hydrogens (tertiary/aromatic N) is 7. The monoisotopic (exact) mass is 413 g/mol. The molecule has 0 aliphatic carbocycles. The number of aromatic nitrogens is 6. The van der Waals surface area contributed by atoms with Crippen LogP contribution in [-0.2, 0) is 11.3 Å². The molecule has 0 bridgehead atoms. The van der Waals surface area contributed by atoms with Gasteiger partial charge in [-0.15, -0.1) is 5.10 Å². The van der Waals surface area contributed by atoms with E-state index in [9.17, 15) is 4.79 Å². The number of carbonyl (C=O) groups excluding carboxylic acids is 1. The summed E-state index contributed by atoms with van der Waals surface area (Å²) in [5.41, 5.74) is 3.73. The predicted molar refractivity (Wildman–Crippen MR) is 117 cm³/mol. The molecule has 156 valence electrons. The van der Waals surface area contributed by atoms with E-state index < -0.39 is 0 Å². The quantitative estimate of drug-likeness (QED) is 0.435. The van der Waals surface area contributed by atoms with Crippen molar-refractivity contribution in [1.82, 2.24) is 34.7 Å². The van der Waals surface area contributed by atoms with E-state index in [1.807, 2.05) is 67.7 Å². The fourth-order valence-electron chi connectivity index (χ4n) is 3.17. The average molecular weight is 413 g/mol.